The van der Waals surface area contributed by atoms with Crippen LogP contribution < -0.4 is 0 Å². The van der Waals surface area contributed by atoms with Crippen LogP contribution in [0.4, 0.5) is 0 Å². The lowest BCUT2D eigenvalue weighted by Crippen LogP contribution is -2.12. The van der Waals surface area contributed by atoms with Crippen molar-refractivity contribution in [2.45, 2.75) is 43.3 Å². The van der Waals surface area contributed by atoms with Crippen molar-refractivity contribution in [2.24, 2.45) is 0 Å². The number of thioether (sulfide) groups is 1. The molecule has 1 atom stereocenters. The van der Waals surface area contributed by atoms with Crippen molar-refractivity contribution >= 4 is 51.3 Å². The molecule has 0 amide bonds. The molecule has 0 saturated carbocycles. The first-order chi connectivity index (χ1) is 20.1. The normalized spacial score (nSPS) is 16.9. The number of fused-ring (bicyclic) bond motifs is 9. The van der Waals surface area contributed by atoms with E-state index in [9.17, 15) is 0 Å². The van der Waals surface area contributed by atoms with Crippen LogP contribution in [0.5, 0.6) is 0 Å². The van der Waals surface area contributed by atoms with Crippen LogP contribution in [-0.2, 0) is 12.8 Å². The Morgan fingerprint density at radius 2 is 1.44 bits per heavy atom. The Morgan fingerprint density at radius 1 is 0.707 bits per heavy atom. The molecule has 41 heavy (non-hydrogen) atoms. The van der Waals surface area contributed by atoms with Crippen molar-refractivity contribution in [1.82, 2.24) is 9.13 Å². The smallest absolute Gasteiger partial charge is 0.0547 e. The molecule has 6 aromatic rings. The van der Waals surface area contributed by atoms with E-state index in [4.69, 9.17) is 0 Å². The number of hydrogen-bond acceptors (Lipinski definition) is 1. The van der Waals surface area contributed by atoms with E-state index in [1.807, 2.05) is 0 Å². The Bertz CT molecular complexity index is 2100. The number of aryl methyl sites for hydroxylation is 2. The molecule has 0 spiro atoms. The second-order valence-electron chi connectivity index (χ2n) is 11.8. The summed E-state index contributed by atoms with van der Waals surface area (Å²) in [6.07, 6.45) is 10.6. The van der Waals surface area contributed by atoms with E-state index in [0.29, 0.717) is 5.25 Å². The van der Waals surface area contributed by atoms with Crippen molar-refractivity contribution in [3.8, 4) is 11.4 Å². The first-order valence-corrected chi connectivity index (χ1v) is 15.5. The zero-order valence-corrected chi connectivity index (χ0v) is 24.1. The maximum Gasteiger partial charge on any atom is 0.0547 e. The molecule has 198 valence electrons. The zero-order chi connectivity index (χ0) is 27.2. The van der Waals surface area contributed by atoms with Gasteiger partial charge in [0.2, 0.25) is 0 Å². The standard InChI is InChI=1S/C38H30N2S/c1-23-11-15-25(16-12-23)39-33-9-5-3-7-27(33)29-21-37-31(19-35(29)39)32-20-36-30(22-38(32)41-37)28-8-4-6-10-34(28)40(36)26-17-13-24(2)14-18-26/h3,5-7,9-21,38H,4,8,22H2,1-2H3. The number of para-hydroxylation sites is 1. The summed E-state index contributed by atoms with van der Waals surface area (Å²) in [5.41, 5.74) is 16.4. The van der Waals surface area contributed by atoms with Gasteiger partial charge in [-0.3, -0.25) is 0 Å². The third kappa shape index (κ3) is 3.39. The molecule has 4 aromatic carbocycles. The quantitative estimate of drug-likeness (QED) is 0.210. The van der Waals surface area contributed by atoms with Crippen molar-refractivity contribution in [2.75, 3.05) is 0 Å². The monoisotopic (exact) mass is 546 g/mol. The van der Waals surface area contributed by atoms with E-state index < -0.39 is 0 Å². The molecule has 1 unspecified atom stereocenters. The minimum Gasteiger partial charge on any atom is -0.310 e. The molecule has 0 radical (unpaired) electrons. The van der Waals surface area contributed by atoms with E-state index in [1.165, 1.54) is 71.7 Å². The van der Waals surface area contributed by atoms with Gasteiger partial charge in [-0.15, -0.1) is 11.8 Å². The van der Waals surface area contributed by atoms with Crippen LogP contribution in [0.2, 0.25) is 0 Å². The van der Waals surface area contributed by atoms with Gasteiger partial charge in [-0.05, 0) is 110 Å². The first-order valence-electron chi connectivity index (χ1n) is 14.7. The second-order valence-corrected chi connectivity index (χ2v) is 13.0. The van der Waals surface area contributed by atoms with Gasteiger partial charge < -0.3 is 9.13 Å². The number of rotatable bonds is 2. The van der Waals surface area contributed by atoms with Gasteiger partial charge in [0.1, 0.15) is 0 Å². The highest BCUT2D eigenvalue weighted by Crippen LogP contribution is 2.53. The summed E-state index contributed by atoms with van der Waals surface area (Å²) in [7, 11) is 0. The number of hydrogen-bond donors (Lipinski definition) is 0. The molecule has 9 rings (SSSR count). The van der Waals surface area contributed by atoms with Crippen LogP contribution >= 0.6 is 11.8 Å². The predicted octanol–water partition coefficient (Wildman–Crippen LogP) is 9.72. The van der Waals surface area contributed by atoms with Crippen molar-refractivity contribution in [3.63, 3.8) is 0 Å². The van der Waals surface area contributed by atoms with Gasteiger partial charge in [-0.2, -0.15) is 0 Å². The van der Waals surface area contributed by atoms with E-state index >= 15 is 0 Å². The topological polar surface area (TPSA) is 9.86 Å². The van der Waals surface area contributed by atoms with Crippen molar-refractivity contribution in [3.05, 3.63) is 130 Å². The van der Waals surface area contributed by atoms with Gasteiger partial charge in [-0.25, -0.2) is 0 Å². The minimum absolute atomic E-state index is 0.465. The van der Waals surface area contributed by atoms with Crippen LogP contribution in [0.25, 0.3) is 50.9 Å². The van der Waals surface area contributed by atoms with Crippen LogP contribution in [0.1, 0.15) is 45.6 Å². The lowest BCUT2D eigenvalue weighted by atomic mass is 9.88. The van der Waals surface area contributed by atoms with Crippen LogP contribution in [0, 0.1) is 13.8 Å². The molecule has 0 saturated heterocycles. The van der Waals surface area contributed by atoms with Crippen molar-refractivity contribution in [1.29, 1.82) is 0 Å². The van der Waals surface area contributed by atoms with Gasteiger partial charge in [0, 0.05) is 38.0 Å². The highest BCUT2D eigenvalue weighted by atomic mass is 32.2. The molecule has 3 aliphatic rings. The fraction of sp³-hybridized carbons (Fsp3) is 0.158. The Kier molecular flexibility index (Phi) is 4.95. The average Bonchev–Trinajstić information content (AvgIpc) is 3.63. The summed E-state index contributed by atoms with van der Waals surface area (Å²) in [5, 5.41) is 3.13. The SMILES string of the molecule is Cc1ccc(-n2c3c(c4c2C=C2c5cc6c(cc5SC2C4)c2ccccc2n6-c2ccc(C)cc2)CCC=C3)cc1. The highest BCUT2D eigenvalue weighted by Gasteiger charge is 2.36. The maximum atomic E-state index is 2.53. The fourth-order valence-corrected chi connectivity index (χ4v) is 8.64. The maximum absolute atomic E-state index is 2.53. The minimum atomic E-state index is 0.465. The molecule has 3 heterocycles. The van der Waals surface area contributed by atoms with E-state index in [2.05, 4.69) is 138 Å². The molecule has 0 fully saturated rings. The zero-order valence-electron chi connectivity index (χ0n) is 23.3. The average molecular weight is 547 g/mol. The third-order valence-corrected chi connectivity index (χ3v) is 10.6. The molecule has 2 aromatic heterocycles. The van der Waals surface area contributed by atoms with Gasteiger partial charge >= 0.3 is 0 Å². The molecule has 3 heteroatoms. The Balaban J connectivity index is 1.28. The summed E-state index contributed by atoms with van der Waals surface area (Å²) in [4.78, 5) is 1.42. The lowest BCUT2D eigenvalue weighted by molar-refractivity contribution is 0.936. The molecule has 2 aliphatic carbocycles. The summed E-state index contributed by atoms with van der Waals surface area (Å²) in [5.74, 6) is 0. The van der Waals surface area contributed by atoms with Crippen LogP contribution in [0.3, 0.4) is 0 Å². The van der Waals surface area contributed by atoms with Gasteiger partial charge in [0.05, 0.1) is 16.7 Å². The van der Waals surface area contributed by atoms with Crippen molar-refractivity contribution < 1.29 is 0 Å². The number of nitrogens with zero attached hydrogens (tertiary/aromatic N) is 2. The lowest BCUT2D eigenvalue weighted by Gasteiger charge is -2.20. The van der Waals surface area contributed by atoms with E-state index in [-0.39, 0.29) is 0 Å². The number of allylic oxidation sites excluding steroid dienone is 1. The molecular weight excluding hydrogens is 516 g/mol. The Labute approximate surface area is 244 Å². The van der Waals surface area contributed by atoms with Gasteiger partial charge in [-0.1, -0.05) is 59.7 Å². The largest absolute Gasteiger partial charge is 0.310 e. The summed E-state index contributed by atoms with van der Waals surface area (Å²) >= 11 is 2.07. The molecular formula is C38H30N2S. The summed E-state index contributed by atoms with van der Waals surface area (Å²) < 4.78 is 4.98. The van der Waals surface area contributed by atoms with Crippen LogP contribution in [-0.4, -0.2) is 14.4 Å². The molecule has 0 bridgehead atoms. The summed E-state index contributed by atoms with van der Waals surface area (Å²) in [6, 6.07) is 31.8. The highest BCUT2D eigenvalue weighted by molar-refractivity contribution is 8.01. The third-order valence-electron chi connectivity index (χ3n) is 9.27. The number of aromatic nitrogens is 2. The molecule has 0 N–H and O–H groups in total. The fourth-order valence-electron chi connectivity index (χ4n) is 7.27. The summed E-state index contributed by atoms with van der Waals surface area (Å²) in [6.45, 7) is 4.32. The molecule has 2 nitrogen and oxygen atoms in total. The Morgan fingerprint density at radius 3 is 2.22 bits per heavy atom. The first kappa shape index (κ1) is 23.5. The number of benzene rings is 4. The van der Waals surface area contributed by atoms with E-state index in [1.54, 1.807) is 11.1 Å². The van der Waals surface area contributed by atoms with Crippen LogP contribution in [0.15, 0.2) is 95.9 Å². The van der Waals surface area contributed by atoms with E-state index in [0.717, 1.165) is 19.3 Å². The molecule has 1 aliphatic heterocycles. The predicted molar refractivity (Wildman–Crippen MR) is 175 cm³/mol. The Hall–Kier alpha value is -4.21. The van der Waals surface area contributed by atoms with Gasteiger partial charge in [0.15, 0.2) is 0 Å². The van der Waals surface area contributed by atoms with Gasteiger partial charge in [0.25, 0.3) is 0 Å². The second kappa shape index (κ2) is 8.64.